The summed E-state index contributed by atoms with van der Waals surface area (Å²) in [5, 5.41) is 8.73. The highest BCUT2D eigenvalue weighted by atomic mass is 14.7. The fraction of sp³-hybridized carbons (Fsp3) is 0.348. The Kier molecular flexibility index (Phi) is 4.32. The number of benzene rings is 2. The van der Waals surface area contributed by atoms with Crippen LogP contribution in [0, 0.1) is 26.2 Å². The second-order valence-electron chi connectivity index (χ2n) is 7.65. The molecular weight excluding hydrogens is 304 g/mol. The third-order valence-electron chi connectivity index (χ3n) is 5.61. The third-order valence-corrected chi connectivity index (χ3v) is 5.61. The number of aromatic amines is 1. The maximum Gasteiger partial charge on any atom is 0.0465 e. The Labute approximate surface area is 150 Å². The van der Waals surface area contributed by atoms with Gasteiger partial charge in [0.2, 0.25) is 0 Å². The molecule has 0 fully saturated rings. The summed E-state index contributed by atoms with van der Waals surface area (Å²) in [7, 11) is 0. The van der Waals surface area contributed by atoms with Gasteiger partial charge in [0.25, 0.3) is 0 Å². The van der Waals surface area contributed by atoms with Crippen LogP contribution in [0.5, 0.6) is 0 Å². The lowest BCUT2D eigenvalue weighted by molar-refractivity contribution is 0.613. The molecule has 25 heavy (non-hydrogen) atoms. The van der Waals surface area contributed by atoms with Crippen molar-refractivity contribution in [2.45, 2.75) is 53.4 Å². The van der Waals surface area contributed by atoms with Crippen molar-refractivity contribution in [3.05, 3.63) is 69.4 Å². The number of H-pyrrole nitrogens is 1. The molecule has 0 spiro atoms. The van der Waals surface area contributed by atoms with Crippen LogP contribution in [0.15, 0.2) is 30.3 Å². The molecule has 0 aliphatic rings. The second-order valence-corrected chi connectivity index (χ2v) is 7.65. The summed E-state index contributed by atoms with van der Waals surface area (Å²) >= 11 is 0. The quantitative estimate of drug-likeness (QED) is 0.552. The molecule has 2 heteroatoms. The molecule has 0 unspecified atom stereocenters. The van der Waals surface area contributed by atoms with E-state index in [4.69, 9.17) is 5.41 Å². The van der Waals surface area contributed by atoms with Crippen LogP contribution >= 0.6 is 0 Å². The summed E-state index contributed by atoms with van der Waals surface area (Å²) in [6.45, 7) is 13.5. The molecule has 2 nitrogen and oxygen atoms in total. The van der Waals surface area contributed by atoms with Gasteiger partial charge in [-0.15, -0.1) is 0 Å². The van der Waals surface area contributed by atoms with Crippen LogP contribution in [0.4, 0.5) is 0 Å². The first-order valence-corrected chi connectivity index (χ1v) is 9.03. The minimum absolute atomic E-state index is 0.102. The van der Waals surface area contributed by atoms with E-state index in [0.29, 0.717) is 0 Å². The van der Waals surface area contributed by atoms with Crippen LogP contribution in [0.3, 0.4) is 0 Å². The number of hydrogen-bond acceptors (Lipinski definition) is 1. The van der Waals surface area contributed by atoms with E-state index in [9.17, 15) is 0 Å². The first kappa shape index (κ1) is 17.5. The summed E-state index contributed by atoms with van der Waals surface area (Å²) in [5.41, 5.74) is 10.0. The molecule has 3 rings (SSSR count). The summed E-state index contributed by atoms with van der Waals surface area (Å²) in [5.74, 6) is 0. The van der Waals surface area contributed by atoms with Crippen LogP contribution < -0.4 is 0 Å². The maximum atomic E-state index is 7.49. The Hall–Kier alpha value is -2.35. The highest BCUT2D eigenvalue weighted by Crippen LogP contribution is 2.38. The molecule has 3 aromatic rings. The van der Waals surface area contributed by atoms with Crippen molar-refractivity contribution in [1.29, 1.82) is 5.41 Å². The molecule has 0 amide bonds. The number of fused-ring (bicyclic) bond motifs is 1. The van der Waals surface area contributed by atoms with Crippen LogP contribution in [-0.2, 0) is 11.8 Å². The summed E-state index contributed by atoms with van der Waals surface area (Å²) in [4.78, 5) is 3.65. The van der Waals surface area contributed by atoms with E-state index in [0.717, 1.165) is 17.5 Å². The average molecular weight is 332 g/mol. The van der Waals surface area contributed by atoms with Crippen molar-refractivity contribution in [3.63, 3.8) is 0 Å². The minimum atomic E-state index is -0.102. The monoisotopic (exact) mass is 332 g/mol. The van der Waals surface area contributed by atoms with Gasteiger partial charge >= 0.3 is 0 Å². The lowest BCUT2D eigenvalue weighted by Crippen LogP contribution is -2.22. The van der Waals surface area contributed by atoms with Gasteiger partial charge in [-0.2, -0.15) is 0 Å². The summed E-state index contributed by atoms with van der Waals surface area (Å²) < 4.78 is 0. The van der Waals surface area contributed by atoms with Gasteiger partial charge in [-0.3, -0.25) is 0 Å². The van der Waals surface area contributed by atoms with Gasteiger partial charge in [0.1, 0.15) is 0 Å². The predicted molar refractivity (Wildman–Crippen MR) is 108 cm³/mol. The molecular formula is C23H28N2. The minimum Gasteiger partial charge on any atom is -0.357 e. The molecule has 0 aliphatic carbocycles. The van der Waals surface area contributed by atoms with Crippen LogP contribution in [0.25, 0.3) is 10.9 Å². The van der Waals surface area contributed by atoms with E-state index in [1.165, 1.54) is 45.1 Å². The molecule has 0 aliphatic heterocycles. The van der Waals surface area contributed by atoms with E-state index >= 15 is 0 Å². The van der Waals surface area contributed by atoms with Gasteiger partial charge in [0.15, 0.2) is 0 Å². The molecule has 0 saturated carbocycles. The zero-order valence-corrected chi connectivity index (χ0v) is 16.2. The molecule has 0 atom stereocenters. The maximum absolute atomic E-state index is 7.49. The fourth-order valence-corrected chi connectivity index (χ4v) is 4.14. The van der Waals surface area contributed by atoms with Gasteiger partial charge < -0.3 is 10.4 Å². The average Bonchev–Trinajstić information content (AvgIpc) is 2.93. The zero-order valence-electron chi connectivity index (χ0n) is 16.2. The fourth-order valence-electron chi connectivity index (χ4n) is 4.14. The first-order valence-electron chi connectivity index (χ1n) is 9.03. The lowest BCUT2D eigenvalue weighted by Gasteiger charge is -2.28. The normalized spacial score (nSPS) is 11.9. The van der Waals surface area contributed by atoms with E-state index in [2.05, 4.69) is 70.8 Å². The third kappa shape index (κ3) is 2.80. The topological polar surface area (TPSA) is 39.6 Å². The first-order chi connectivity index (χ1) is 11.8. The number of nitrogens with one attached hydrogen (secondary N) is 2. The molecule has 130 valence electrons. The van der Waals surface area contributed by atoms with Crippen molar-refractivity contribution >= 4 is 17.1 Å². The Morgan fingerprint density at radius 2 is 1.76 bits per heavy atom. The summed E-state index contributed by atoms with van der Waals surface area (Å²) in [6.07, 6.45) is 2.47. The number of aromatic nitrogens is 1. The van der Waals surface area contributed by atoms with Gasteiger partial charge in [-0.25, -0.2) is 0 Å². The zero-order chi connectivity index (χ0) is 18.4. The Bertz CT molecular complexity index is 958. The van der Waals surface area contributed by atoms with Gasteiger partial charge in [-0.05, 0) is 66.6 Å². The van der Waals surface area contributed by atoms with E-state index in [1.54, 1.807) is 0 Å². The number of hydrogen-bond donors (Lipinski definition) is 2. The van der Waals surface area contributed by atoms with Gasteiger partial charge in [0, 0.05) is 28.2 Å². The van der Waals surface area contributed by atoms with E-state index in [1.807, 2.05) is 6.07 Å². The second kappa shape index (κ2) is 6.18. The summed E-state index contributed by atoms with van der Waals surface area (Å²) in [6, 6.07) is 10.9. The molecule has 2 N–H and O–H groups in total. The highest BCUT2D eigenvalue weighted by molar-refractivity contribution is 5.90. The molecule has 1 aromatic heterocycles. The Morgan fingerprint density at radius 1 is 1.04 bits per heavy atom. The van der Waals surface area contributed by atoms with E-state index in [-0.39, 0.29) is 5.41 Å². The molecule has 2 aromatic carbocycles. The van der Waals surface area contributed by atoms with Gasteiger partial charge in [-0.1, -0.05) is 45.0 Å². The van der Waals surface area contributed by atoms with Crippen molar-refractivity contribution in [3.8, 4) is 0 Å². The standard InChI is InChI=1S/C23H28N2/c1-7-18-10-15(3)20(11-14(18)2)23(5,6)22-16(4)19-9-8-17(13-24)12-21(19)25-22/h8-13,24-25H,7H2,1-6H3. The highest BCUT2D eigenvalue weighted by Gasteiger charge is 2.29. The van der Waals surface area contributed by atoms with Crippen molar-refractivity contribution in [1.82, 2.24) is 4.98 Å². The van der Waals surface area contributed by atoms with Crippen molar-refractivity contribution in [2.75, 3.05) is 0 Å². The lowest BCUT2D eigenvalue weighted by atomic mass is 9.76. The van der Waals surface area contributed by atoms with Crippen molar-refractivity contribution < 1.29 is 0 Å². The van der Waals surface area contributed by atoms with Gasteiger partial charge in [0.05, 0.1) is 0 Å². The smallest absolute Gasteiger partial charge is 0.0465 e. The van der Waals surface area contributed by atoms with Crippen LogP contribution in [0.2, 0.25) is 0 Å². The number of rotatable bonds is 4. The Balaban J connectivity index is 2.20. The molecule has 0 bridgehead atoms. The number of aryl methyl sites for hydroxylation is 4. The van der Waals surface area contributed by atoms with E-state index < -0.39 is 0 Å². The van der Waals surface area contributed by atoms with Crippen LogP contribution in [-0.4, -0.2) is 11.2 Å². The predicted octanol–water partition coefficient (Wildman–Crippen LogP) is 5.98. The van der Waals surface area contributed by atoms with Crippen molar-refractivity contribution in [2.24, 2.45) is 0 Å². The van der Waals surface area contributed by atoms with Crippen LogP contribution in [0.1, 0.15) is 59.8 Å². The largest absolute Gasteiger partial charge is 0.357 e. The molecule has 0 saturated heterocycles. The SMILES string of the molecule is CCc1cc(C)c(C(C)(C)c2[nH]c3cc(C=N)ccc3c2C)cc1C. The molecule has 0 radical (unpaired) electrons. The molecule has 1 heterocycles. The Morgan fingerprint density at radius 3 is 2.40 bits per heavy atom.